The zero-order chi connectivity index (χ0) is 18.1. The summed E-state index contributed by atoms with van der Waals surface area (Å²) < 4.78 is 16.6. The van der Waals surface area contributed by atoms with Crippen LogP contribution in [0.2, 0.25) is 0 Å². The van der Waals surface area contributed by atoms with E-state index in [1.54, 1.807) is 32.4 Å². The summed E-state index contributed by atoms with van der Waals surface area (Å²) >= 11 is 0. The molecule has 3 aromatic carbocycles. The highest BCUT2D eigenvalue weighted by molar-refractivity contribution is 5.83. The Kier molecular flexibility index (Phi) is 3.97. The molecular weight excluding hydrogens is 328 g/mol. The predicted octanol–water partition coefficient (Wildman–Crippen LogP) is 4.76. The third-order valence-corrected chi connectivity index (χ3v) is 4.24. The van der Waals surface area contributed by atoms with Crippen LogP contribution in [0.1, 0.15) is 0 Å². The minimum Gasteiger partial charge on any atom is -0.497 e. The van der Waals surface area contributed by atoms with Gasteiger partial charge in [-0.2, -0.15) is 0 Å². The van der Waals surface area contributed by atoms with Gasteiger partial charge in [-0.05, 0) is 53.6 Å². The molecular formula is C21H18N2O3. The van der Waals surface area contributed by atoms with Crippen LogP contribution in [-0.4, -0.2) is 19.2 Å². The van der Waals surface area contributed by atoms with E-state index < -0.39 is 0 Å². The minimum atomic E-state index is 0.479. The molecule has 5 heteroatoms. The van der Waals surface area contributed by atoms with Crippen LogP contribution < -0.4 is 15.2 Å². The molecule has 0 fully saturated rings. The summed E-state index contributed by atoms with van der Waals surface area (Å²) in [6, 6.07) is 19.2. The van der Waals surface area contributed by atoms with Gasteiger partial charge in [-0.1, -0.05) is 18.2 Å². The maximum Gasteiger partial charge on any atom is 0.231 e. The lowest BCUT2D eigenvalue weighted by molar-refractivity contribution is 0.414. The fraction of sp³-hybridized carbons (Fsp3) is 0.0952. The number of rotatable bonds is 4. The monoisotopic (exact) mass is 346 g/mol. The van der Waals surface area contributed by atoms with Crippen molar-refractivity contribution >= 4 is 16.8 Å². The number of benzene rings is 3. The zero-order valence-electron chi connectivity index (χ0n) is 14.5. The second-order valence-electron chi connectivity index (χ2n) is 5.89. The molecule has 1 aromatic heterocycles. The van der Waals surface area contributed by atoms with Crippen LogP contribution in [0.3, 0.4) is 0 Å². The SMILES string of the molecule is COc1cccc(-c2ccc3oc(-c4cc(N)ccc4OC)nc3c2)c1. The lowest BCUT2D eigenvalue weighted by Crippen LogP contribution is -1.91. The van der Waals surface area contributed by atoms with Gasteiger partial charge in [0.15, 0.2) is 5.58 Å². The Morgan fingerprint density at radius 2 is 1.73 bits per heavy atom. The molecule has 130 valence electrons. The van der Waals surface area contributed by atoms with Crippen molar-refractivity contribution in [2.75, 3.05) is 20.0 Å². The summed E-state index contributed by atoms with van der Waals surface area (Å²) in [5, 5.41) is 0. The third-order valence-electron chi connectivity index (χ3n) is 4.24. The van der Waals surface area contributed by atoms with Crippen molar-refractivity contribution in [3.63, 3.8) is 0 Å². The number of nitrogen functional groups attached to an aromatic ring is 1. The largest absolute Gasteiger partial charge is 0.497 e. The molecule has 5 nitrogen and oxygen atoms in total. The molecule has 4 rings (SSSR count). The van der Waals surface area contributed by atoms with Gasteiger partial charge in [0.2, 0.25) is 5.89 Å². The van der Waals surface area contributed by atoms with Crippen LogP contribution in [0, 0.1) is 0 Å². The molecule has 0 saturated carbocycles. The standard InChI is InChI=1S/C21H18N2O3/c1-24-16-5-3-4-13(10-16)14-6-8-20-18(11-14)23-21(26-20)17-12-15(22)7-9-19(17)25-2/h3-12H,22H2,1-2H3. The zero-order valence-corrected chi connectivity index (χ0v) is 14.5. The van der Waals surface area contributed by atoms with Gasteiger partial charge in [-0.15, -0.1) is 0 Å². The molecule has 1 heterocycles. The fourth-order valence-electron chi connectivity index (χ4n) is 2.92. The first-order valence-corrected chi connectivity index (χ1v) is 8.17. The summed E-state index contributed by atoms with van der Waals surface area (Å²) in [7, 11) is 3.27. The van der Waals surface area contributed by atoms with E-state index in [2.05, 4.69) is 4.98 Å². The maximum atomic E-state index is 5.92. The van der Waals surface area contributed by atoms with E-state index in [1.165, 1.54) is 0 Å². The quantitative estimate of drug-likeness (QED) is 0.539. The lowest BCUT2D eigenvalue weighted by Gasteiger charge is -2.05. The molecule has 4 aromatic rings. The Labute approximate surface area is 151 Å². The summed E-state index contributed by atoms with van der Waals surface area (Å²) in [6.07, 6.45) is 0. The number of ether oxygens (including phenoxy) is 2. The normalized spacial score (nSPS) is 10.8. The number of methoxy groups -OCH3 is 2. The van der Waals surface area contributed by atoms with E-state index in [0.29, 0.717) is 22.9 Å². The second-order valence-corrected chi connectivity index (χ2v) is 5.89. The highest BCUT2D eigenvalue weighted by atomic mass is 16.5. The topological polar surface area (TPSA) is 70.5 Å². The van der Waals surface area contributed by atoms with Gasteiger partial charge >= 0.3 is 0 Å². The van der Waals surface area contributed by atoms with Crippen molar-refractivity contribution in [2.24, 2.45) is 0 Å². The molecule has 0 spiro atoms. The van der Waals surface area contributed by atoms with Gasteiger partial charge < -0.3 is 19.6 Å². The number of nitrogens with two attached hydrogens (primary N) is 1. The van der Waals surface area contributed by atoms with Crippen LogP contribution in [0.15, 0.2) is 65.1 Å². The highest BCUT2D eigenvalue weighted by Gasteiger charge is 2.14. The van der Waals surface area contributed by atoms with Crippen molar-refractivity contribution in [3.05, 3.63) is 60.7 Å². The molecule has 0 radical (unpaired) electrons. The van der Waals surface area contributed by atoms with Crippen molar-refractivity contribution < 1.29 is 13.9 Å². The number of fused-ring (bicyclic) bond motifs is 1. The lowest BCUT2D eigenvalue weighted by atomic mass is 10.1. The molecule has 0 unspecified atom stereocenters. The van der Waals surface area contributed by atoms with E-state index in [1.807, 2.05) is 42.5 Å². The van der Waals surface area contributed by atoms with Crippen LogP contribution in [0.4, 0.5) is 5.69 Å². The number of aromatic nitrogens is 1. The molecule has 0 bridgehead atoms. The van der Waals surface area contributed by atoms with Gasteiger partial charge in [0, 0.05) is 5.69 Å². The average Bonchev–Trinajstić information content (AvgIpc) is 3.11. The Morgan fingerprint density at radius 1 is 0.885 bits per heavy atom. The van der Waals surface area contributed by atoms with Gasteiger partial charge in [-0.3, -0.25) is 0 Å². The molecule has 2 N–H and O–H groups in total. The maximum absolute atomic E-state index is 5.92. The van der Waals surface area contributed by atoms with E-state index in [9.17, 15) is 0 Å². The molecule has 0 atom stereocenters. The van der Waals surface area contributed by atoms with E-state index in [4.69, 9.17) is 19.6 Å². The van der Waals surface area contributed by atoms with E-state index >= 15 is 0 Å². The van der Waals surface area contributed by atoms with Crippen LogP contribution >= 0.6 is 0 Å². The molecule has 0 aliphatic rings. The van der Waals surface area contributed by atoms with Crippen molar-refractivity contribution in [2.45, 2.75) is 0 Å². The van der Waals surface area contributed by atoms with Gasteiger partial charge in [0.25, 0.3) is 0 Å². The molecule has 26 heavy (non-hydrogen) atoms. The number of hydrogen-bond acceptors (Lipinski definition) is 5. The van der Waals surface area contributed by atoms with Crippen molar-refractivity contribution in [1.29, 1.82) is 0 Å². The Morgan fingerprint density at radius 3 is 2.54 bits per heavy atom. The first-order valence-electron chi connectivity index (χ1n) is 8.17. The van der Waals surface area contributed by atoms with Crippen molar-refractivity contribution in [1.82, 2.24) is 4.98 Å². The molecule has 0 aliphatic carbocycles. The molecule has 0 saturated heterocycles. The van der Waals surface area contributed by atoms with Crippen LogP contribution in [-0.2, 0) is 0 Å². The number of anilines is 1. The Bertz CT molecular complexity index is 1090. The number of oxazole rings is 1. The second kappa shape index (κ2) is 6.44. The van der Waals surface area contributed by atoms with Gasteiger partial charge in [0.1, 0.15) is 17.0 Å². The first-order chi connectivity index (χ1) is 12.7. The summed E-state index contributed by atoms with van der Waals surface area (Å²) in [5.41, 5.74) is 10.8. The van der Waals surface area contributed by atoms with Gasteiger partial charge in [0.05, 0.1) is 19.8 Å². The fourth-order valence-corrected chi connectivity index (χ4v) is 2.92. The van der Waals surface area contributed by atoms with E-state index in [-0.39, 0.29) is 0 Å². The van der Waals surface area contributed by atoms with Crippen LogP contribution in [0.25, 0.3) is 33.7 Å². The summed E-state index contributed by atoms with van der Waals surface area (Å²) in [6.45, 7) is 0. The summed E-state index contributed by atoms with van der Waals surface area (Å²) in [4.78, 5) is 4.63. The number of hydrogen-bond donors (Lipinski definition) is 1. The Hall–Kier alpha value is -3.47. The smallest absolute Gasteiger partial charge is 0.231 e. The van der Waals surface area contributed by atoms with Crippen LogP contribution in [0.5, 0.6) is 11.5 Å². The molecule has 0 amide bonds. The molecule has 0 aliphatic heterocycles. The average molecular weight is 346 g/mol. The third kappa shape index (κ3) is 2.84. The van der Waals surface area contributed by atoms with Gasteiger partial charge in [-0.25, -0.2) is 4.98 Å². The predicted molar refractivity (Wildman–Crippen MR) is 102 cm³/mol. The van der Waals surface area contributed by atoms with Crippen molar-refractivity contribution in [3.8, 4) is 34.1 Å². The summed E-state index contributed by atoms with van der Waals surface area (Å²) in [5.74, 6) is 1.96. The van der Waals surface area contributed by atoms with E-state index in [0.717, 1.165) is 28.0 Å². The minimum absolute atomic E-state index is 0.479. The first kappa shape index (κ1) is 16.0. The Balaban J connectivity index is 1.80. The highest BCUT2D eigenvalue weighted by Crippen LogP contribution is 2.34. The number of nitrogens with zero attached hydrogens (tertiary/aromatic N) is 1.